The van der Waals surface area contributed by atoms with Gasteiger partial charge in [-0.15, -0.1) is 6.42 Å². The number of rotatable bonds is 9. The molecule has 3 rings (SSSR count). The van der Waals surface area contributed by atoms with Gasteiger partial charge in [-0.25, -0.2) is 0 Å². The fraction of sp³-hybridized carbons (Fsp3) is 0.462. The summed E-state index contributed by atoms with van der Waals surface area (Å²) >= 11 is 6.63. The Morgan fingerprint density at radius 1 is 1.03 bits per heavy atom. The Morgan fingerprint density at radius 3 is 2.36 bits per heavy atom. The van der Waals surface area contributed by atoms with Crippen molar-refractivity contribution in [2.75, 3.05) is 19.8 Å². The van der Waals surface area contributed by atoms with Gasteiger partial charge in [-0.2, -0.15) is 0 Å². The van der Waals surface area contributed by atoms with E-state index in [0.29, 0.717) is 30.0 Å². The van der Waals surface area contributed by atoms with E-state index in [0.717, 1.165) is 23.1 Å². The summed E-state index contributed by atoms with van der Waals surface area (Å²) in [6.07, 6.45) is 0.997. The first-order valence-corrected chi connectivity index (χ1v) is 11.5. The van der Waals surface area contributed by atoms with E-state index in [1.54, 1.807) is 0 Å². The number of ether oxygens (including phenoxy) is 2. The third-order valence-electron chi connectivity index (χ3n) is 6.03. The first kappa shape index (κ1) is 25.7. The second-order valence-electron chi connectivity index (χ2n) is 8.25. The third-order valence-corrected chi connectivity index (χ3v) is 6.39. The van der Waals surface area contributed by atoms with E-state index in [9.17, 15) is 20.4 Å². The third kappa shape index (κ3) is 6.14. The predicted molar refractivity (Wildman–Crippen MR) is 126 cm³/mol. The van der Waals surface area contributed by atoms with Gasteiger partial charge in [0, 0.05) is 5.02 Å². The molecule has 0 aliphatic carbocycles. The Kier molecular flexibility index (Phi) is 9.30. The van der Waals surface area contributed by atoms with Crippen LogP contribution in [0.3, 0.4) is 0 Å². The first-order chi connectivity index (χ1) is 15.9. The van der Waals surface area contributed by atoms with Crippen LogP contribution < -0.4 is 0 Å². The number of aliphatic hydroxyl groups is 4. The lowest BCUT2D eigenvalue weighted by Gasteiger charge is -2.41. The quantitative estimate of drug-likeness (QED) is 0.328. The predicted octanol–water partition coefficient (Wildman–Crippen LogP) is 2.20. The van der Waals surface area contributed by atoms with Crippen molar-refractivity contribution in [2.24, 2.45) is 0 Å². The van der Waals surface area contributed by atoms with Crippen molar-refractivity contribution in [3.05, 3.63) is 69.2 Å². The maximum Gasteiger partial charge on any atom is 0.113 e. The summed E-state index contributed by atoms with van der Waals surface area (Å²) in [5.41, 5.74) is 4.56. The maximum atomic E-state index is 10.7. The smallest absolute Gasteiger partial charge is 0.113 e. The molecule has 2 aromatic carbocycles. The van der Waals surface area contributed by atoms with Crippen LogP contribution in [-0.4, -0.2) is 64.7 Å². The van der Waals surface area contributed by atoms with E-state index < -0.39 is 37.1 Å². The molecule has 1 unspecified atom stereocenters. The molecular weight excluding hydrogens is 444 g/mol. The molecular formula is C26H31ClO6. The fourth-order valence-electron chi connectivity index (χ4n) is 4.08. The number of benzene rings is 2. The van der Waals surface area contributed by atoms with Crippen LogP contribution in [0.5, 0.6) is 0 Å². The monoisotopic (exact) mass is 474 g/mol. The average Bonchev–Trinajstić information content (AvgIpc) is 2.83. The van der Waals surface area contributed by atoms with Gasteiger partial charge in [-0.1, -0.05) is 54.8 Å². The lowest BCUT2D eigenvalue weighted by molar-refractivity contribution is -0.231. The molecule has 1 aliphatic rings. The molecule has 0 amide bonds. The minimum absolute atomic E-state index is 0.176. The molecule has 0 bridgehead atoms. The van der Waals surface area contributed by atoms with Crippen LogP contribution in [0.2, 0.25) is 5.02 Å². The second-order valence-corrected chi connectivity index (χ2v) is 8.65. The zero-order valence-corrected chi connectivity index (χ0v) is 19.4. The van der Waals surface area contributed by atoms with E-state index in [4.69, 9.17) is 27.5 Å². The Hall–Kier alpha value is -1.95. The van der Waals surface area contributed by atoms with Crippen molar-refractivity contribution in [2.45, 2.75) is 56.7 Å². The minimum atomic E-state index is -1.47. The molecule has 1 heterocycles. The molecule has 178 valence electrons. The molecule has 4 N–H and O–H groups in total. The fourth-order valence-corrected chi connectivity index (χ4v) is 4.33. The van der Waals surface area contributed by atoms with Crippen molar-refractivity contribution < 1.29 is 29.9 Å². The largest absolute Gasteiger partial charge is 0.394 e. The summed E-state index contributed by atoms with van der Waals surface area (Å²) in [7, 11) is 0. The molecule has 33 heavy (non-hydrogen) atoms. The highest BCUT2D eigenvalue weighted by Crippen LogP contribution is 2.37. The number of halogens is 1. The highest BCUT2D eigenvalue weighted by Gasteiger charge is 2.44. The van der Waals surface area contributed by atoms with Crippen LogP contribution >= 0.6 is 11.6 Å². The average molecular weight is 475 g/mol. The summed E-state index contributed by atoms with van der Waals surface area (Å²) < 4.78 is 11.2. The van der Waals surface area contributed by atoms with Gasteiger partial charge < -0.3 is 29.9 Å². The van der Waals surface area contributed by atoms with Crippen LogP contribution in [0.4, 0.5) is 0 Å². The van der Waals surface area contributed by atoms with Crippen molar-refractivity contribution in [3.63, 3.8) is 0 Å². The topological polar surface area (TPSA) is 99.4 Å². The summed E-state index contributed by atoms with van der Waals surface area (Å²) in [5.74, 6) is 2.42. The summed E-state index contributed by atoms with van der Waals surface area (Å²) in [5, 5.41) is 41.4. The highest BCUT2D eigenvalue weighted by atomic mass is 35.5. The number of hydrogen-bond donors (Lipinski definition) is 4. The molecule has 0 spiro atoms. The number of aryl methyl sites for hydroxylation is 1. The Labute approximate surface area is 199 Å². The van der Waals surface area contributed by atoms with Crippen LogP contribution in [0, 0.1) is 12.3 Å². The van der Waals surface area contributed by atoms with E-state index in [2.05, 4.69) is 37.1 Å². The zero-order valence-electron chi connectivity index (χ0n) is 18.7. The lowest BCUT2D eigenvalue weighted by Crippen LogP contribution is -2.55. The Balaban J connectivity index is 1.96. The van der Waals surface area contributed by atoms with Gasteiger partial charge in [0.15, 0.2) is 0 Å². The van der Waals surface area contributed by atoms with Gasteiger partial charge in [0.1, 0.15) is 37.1 Å². The van der Waals surface area contributed by atoms with Crippen molar-refractivity contribution in [1.29, 1.82) is 0 Å². The first-order valence-electron chi connectivity index (χ1n) is 11.1. The summed E-state index contributed by atoms with van der Waals surface area (Å²) in [4.78, 5) is 0. The number of aliphatic hydroxyl groups excluding tert-OH is 4. The Morgan fingerprint density at radius 2 is 1.73 bits per heavy atom. The molecule has 2 aromatic rings. The molecule has 6 nitrogen and oxygen atoms in total. The molecule has 1 saturated heterocycles. The molecule has 0 saturated carbocycles. The van der Waals surface area contributed by atoms with Crippen LogP contribution in [0.1, 0.15) is 40.8 Å². The molecule has 0 aromatic heterocycles. The molecule has 7 heteroatoms. The van der Waals surface area contributed by atoms with Gasteiger partial charge in [-0.3, -0.25) is 0 Å². The van der Waals surface area contributed by atoms with E-state index in [-0.39, 0.29) is 6.61 Å². The van der Waals surface area contributed by atoms with Crippen LogP contribution in [-0.2, 0) is 28.7 Å². The van der Waals surface area contributed by atoms with Crippen molar-refractivity contribution in [3.8, 4) is 12.3 Å². The highest BCUT2D eigenvalue weighted by molar-refractivity contribution is 6.31. The van der Waals surface area contributed by atoms with Gasteiger partial charge in [0.2, 0.25) is 0 Å². The van der Waals surface area contributed by atoms with Gasteiger partial charge in [0.25, 0.3) is 0 Å². The van der Waals surface area contributed by atoms with E-state index in [1.807, 2.05) is 12.1 Å². The summed E-state index contributed by atoms with van der Waals surface area (Å²) in [6.45, 7) is 2.12. The van der Waals surface area contributed by atoms with Gasteiger partial charge in [-0.05, 0) is 53.1 Å². The second kappa shape index (κ2) is 12.0. The van der Waals surface area contributed by atoms with Crippen molar-refractivity contribution in [1.82, 2.24) is 0 Å². The molecule has 0 radical (unpaired) electrons. The van der Waals surface area contributed by atoms with Gasteiger partial charge in [0.05, 0.1) is 13.2 Å². The minimum Gasteiger partial charge on any atom is -0.394 e. The van der Waals surface area contributed by atoms with Gasteiger partial charge >= 0.3 is 0 Å². The van der Waals surface area contributed by atoms with E-state index in [1.165, 1.54) is 5.56 Å². The normalized spacial score (nSPS) is 25.1. The SMILES string of the molecule is C#CCOCCc1cc(Cl)c(Cc2ccc(CC)cc2)cc1C1O[C@H](CO)[C@@H](O)[C@H](O)[C@H]1O. The van der Waals surface area contributed by atoms with Crippen LogP contribution in [0.25, 0.3) is 0 Å². The standard InChI is InChI=1S/C26H31ClO6/c1-3-10-32-11-9-18-14-21(27)19(12-17-7-5-16(4-2)6-8-17)13-20(18)26-25(31)24(30)23(29)22(15-28)33-26/h1,5-8,13-14,22-26,28-31H,4,9-12,15H2,2H3/t22-,23-,24+,25-,26?/m1/s1. The number of hydrogen-bond acceptors (Lipinski definition) is 6. The molecule has 5 atom stereocenters. The zero-order chi connectivity index (χ0) is 24.0. The summed E-state index contributed by atoms with van der Waals surface area (Å²) in [6, 6.07) is 12.0. The Bertz CT molecular complexity index is 952. The van der Waals surface area contributed by atoms with Crippen molar-refractivity contribution >= 4 is 11.6 Å². The van der Waals surface area contributed by atoms with Crippen LogP contribution in [0.15, 0.2) is 36.4 Å². The number of terminal acetylenes is 1. The maximum absolute atomic E-state index is 10.7. The molecule has 1 aliphatic heterocycles. The molecule has 1 fully saturated rings. The van der Waals surface area contributed by atoms with E-state index >= 15 is 0 Å². The lowest BCUT2D eigenvalue weighted by atomic mass is 9.87.